The van der Waals surface area contributed by atoms with E-state index in [9.17, 15) is 9.59 Å². The van der Waals surface area contributed by atoms with Crippen LogP contribution in [0, 0.1) is 6.92 Å². The summed E-state index contributed by atoms with van der Waals surface area (Å²) in [6.45, 7) is 2.44. The van der Waals surface area contributed by atoms with Gasteiger partial charge in [0.2, 0.25) is 0 Å². The number of urea groups is 1. The molecule has 0 aromatic heterocycles. The number of fused-ring (bicyclic) bond motifs is 1. The number of nitrogens with one attached hydrogen (secondary N) is 3. The summed E-state index contributed by atoms with van der Waals surface area (Å²) in [7, 11) is 0. The Hall–Kier alpha value is -3.80. The highest BCUT2D eigenvalue weighted by Crippen LogP contribution is 2.33. The Labute approximate surface area is 162 Å². The molecule has 1 heterocycles. The number of rotatable bonds is 3. The summed E-state index contributed by atoms with van der Waals surface area (Å²) in [5, 5.41) is 8.45. The Morgan fingerprint density at radius 2 is 1.75 bits per heavy atom. The molecule has 1 aliphatic heterocycles. The van der Waals surface area contributed by atoms with Crippen molar-refractivity contribution < 1.29 is 9.59 Å². The van der Waals surface area contributed by atoms with Crippen LogP contribution in [0.1, 0.15) is 21.5 Å². The van der Waals surface area contributed by atoms with E-state index in [1.54, 1.807) is 6.07 Å². The maximum atomic E-state index is 12.2. The van der Waals surface area contributed by atoms with E-state index >= 15 is 0 Å². The molecule has 0 saturated carbocycles. The third-order valence-corrected chi connectivity index (χ3v) is 4.73. The second-order valence-electron chi connectivity index (χ2n) is 6.76. The number of nitrogen functional groups attached to an aromatic ring is 1. The van der Waals surface area contributed by atoms with Crippen molar-refractivity contribution in [3.05, 3.63) is 77.4 Å². The molecule has 5 N–H and O–H groups in total. The van der Waals surface area contributed by atoms with Crippen LogP contribution in [-0.2, 0) is 6.54 Å². The highest BCUT2D eigenvalue weighted by Gasteiger charge is 2.24. The average Bonchev–Trinajstić information content (AvgIpc) is 3.05. The summed E-state index contributed by atoms with van der Waals surface area (Å²) in [4.78, 5) is 24.2. The fourth-order valence-electron chi connectivity index (χ4n) is 3.39. The maximum absolute atomic E-state index is 12.2. The average molecular weight is 372 g/mol. The molecule has 6 nitrogen and oxygen atoms in total. The molecule has 1 aliphatic rings. The first-order valence-corrected chi connectivity index (χ1v) is 8.96. The first kappa shape index (κ1) is 17.6. The highest BCUT2D eigenvalue weighted by atomic mass is 16.2. The van der Waals surface area contributed by atoms with Gasteiger partial charge in [-0.15, -0.1) is 0 Å². The van der Waals surface area contributed by atoms with Crippen molar-refractivity contribution in [2.75, 3.05) is 16.4 Å². The van der Waals surface area contributed by atoms with Gasteiger partial charge in [0, 0.05) is 23.6 Å². The van der Waals surface area contributed by atoms with Gasteiger partial charge in [-0.1, -0.05) is 30.3 Å². The van der Waals surface area contributed by atoms with Gasteiger partial charge < -0.3 is 21.7 Å². The van der Waals surface area contributed by atoms with Crippen LogP contribution in [0.15, 0.2) is 60.7 Å². The summed E-state index contributed by atoms with van der Waals surface area (Å²) in [5.41, 5.74) is 12.3. The second-order valence-corrected chi connectivity index (χ2v) is 6.76. The molecule has 3 aromatic carbocycles. The number of amides is 3. The molecule has 0 unspecified atom stereocenters. The molecular formula is C22H20N4O2. The summed E-state index contributed by atoms with van der Waals surface area (Å²) < 4.78 is 0. The van der Waals surface area contributed by atoms with E-state index in [0.29, 0.717) is 23.5 Å². The SMILES string of the molecule is Cc1cccc(NC(=O)Nc2ccc(-c3ccc(N)c4c3CNC4=O)cc2)c1. The molecule has 0 aliphatic carbocycles. The van der Waals surface area contributed by atoms with Gasteiger partial charge >= 0.3 is 6.03 Å². The maximum Gasteiger partial charge on any atom is 0.323 e. The molecule has 3 aromatic rings. The van der Waals surface area contributed by atoms with Crippen molar-refractivity contribution >= 4 is 29.0 Å². The number of hydrogen-bond donors (Lipinski definition) is 4. The van der Waals surface area contributed by atoms with Crippen molar-refractivity contribution in [1.82, 2.24) is 5.32 Å². The van der Waals surface area contributed by atoms with Crippen LogP contribution < -0.4 is 21.7 Å². The minimum Gasteiger partial charge on any atom is -0.398 e. The quantitative estimate of drug-likeness (QED) is 0.521. The lowest BCUT2D eigenvalue weighted by atomic mass is 9.95. The zero-order chi connectivity index (χ0) is 19.7. The lowest BCUT2D eigenvalue weighted by Gasteiger charge is -2.11. The number of benzene rings is 3. The minimum atomic E-state index is -0.304. The third-order valence-electron chi connectivity index (χ3n) is 4.73. The molecule has 3 amide bonds. The fourth-order valence-corrected chi connectivity index (χ4v) is 3.39. The Morgan fingerprint density at radius 3 is 2.50 bits per heavy atom. The molecule has 28 heavy (non-hydrogen) atoms. The summed E-state index contributed by atoms with van der Waals surface area (Å²) in [5.74, 6) is -0.138. The van der Waals surface area contributed by atoms with E-state index in [0.717, 1.165) is 27.9 Å². The molecular weight excluding hydrogens is 352 g/mol. The third kappa shape index (κ3) is 3.40. The van der Waals surface area contributed by atoms with Crippen LogP contribution in [0.2, 0.25) is 0 Å². The molecule has 140 valence electrons. The van der Waals surface area contributed by atoms with E-state index in [2.05, 4.69) is 16.0 Å². The monoisotopic (exact) mass is 372 g/mol. The van der Waals surface area contributed by atoms with Crippen LogP contribution in [0.3, 0.4) is 0 Å². The van der Waals surface area contributed by atoms with E-state index in [-0.39, 0.29) is 11.9 Å². The zero-order valence-electron chi connectivity index (χ0n) is 15.4. The molecule has 0 atom stereocenters. The Balaban J connectivity index is 1.51. The summed E-state index contributed by atoms with van der Waals surface area (Å²) in [6.07, 6.45) is 0. The van der Waals surface area contributed by atoms with Gasteiger partial charge in [0.05, 0.1) is 5.56 Å². The number of anilines is 3. The molecule has 0 saturated heterocycles. The van der Waals surface area contributed by atoms with Crippen molar-refractivity contribution in [3.8, 4) is 11.1 Å². The van der Waals surface area contributed by atoms with Gasteiger partial charge in [0.1, 0.15) is 0 Å². The molecule has 0 radical (unpaired) electrons. The highest BCUT2D eigenvalue weighted by molar-refractivity contribution is 6.05. The minimum absolute atomic E-state index is 0.138. The van der Waals surface area contributed by atoms with Crippen molar-refractivity contribution in [2.24, 2.45) is 0 Å². The summed E-state index contributed by atoms with van der Waals surface area (Å²) in [6, 6.07) is 18.5. The first-order chi connectivity index (χ1) is 13.5. The van der Waals surface area contributed by atoms with Crippen LogP contribution in [0.4, 0.5) is 21.9 Å². The zero-order valence-corrected chi connectivity index (χ0v) is 15.4. The summed E-state index contributed by atoms with van der Waals surface area (Å²) >= 11 is 0. The Morgan fingerprint density at radius 1 is 1.00 bits per heavy atom. The van der Waals surface area contributed by atoms with Gasteiger partial charge in [-0.25, -0.2) is 4.79 Å². The topological polar surface area (TPSA) is 96.2 Å². The van der Waals surface area contributed by atoms with Crippen LogP contribution >= 0.6 is 0 Å². The van der Waals surface area contributed by atoms with Gasteiger partial charge in [-0.05, 0) is 59.5 Å². The van der Waals surface area contributed by atoms with Gasteiger partial charge in [0.15, 0.2) is 0 Å². The van der Waals surface area contributed by atoms with Crippen molar-refractivity contribution in [2.45, 2.75) is 13.5 Å². The second kappa shape index (κ2) is 7.08. The van der Waals surface area contributed by atoms with Crippen LogP contribution in [0.25, 0.3) is 11.1 Å². The normalized spacial score (nSPS) is 12.2. The molecule has 4 rings (SSSR count). The predicted octanol–water partition coefficient (Wildman–Crippen LogP) is 4.13. The van der Waals surface area contributed by atoms with Crippen LogP contribution in [-0.4, -0.2) is 11.9 Å². The number of carbonyl (C=O) groups excluding carboxylic acids is 2. The standard InChI is InChI=1S/C22H20N4O2/c1-13-3-2-4-16(11-13)26-22(28)25-15-7-5-14(6-8-15)17-9-10-19(23)20-18(17)12-24-21(20)27/h2-11H,12,23H2,1H3,(H,24,27)(H2,25,26,28). The number of hydrogen-bond acceptors (Lipinski definition) is 3. The molecule has 0 fully saturated rings. The lowest BCUT2D eigenvalue weighted by Crippen LogP contribution is -2.19. The van der Waals surface area contributed by atoms with E-state index in [1.807, 2.05) is 61.5 Å². The van der Waals surface area contributed by atoms with Gasteiger partial charge in [0.25, 0.3) is 5.91 Å². The van der Waals surface area contributed by atoms with Crippen molar-refractivity contribution in [1.29, 1.82) is 0 Å². The largest absolute Gasteiger partial charge is 0.398 e. The first-order valence-electron chi connectivity index (χ1n) is 8.96. The van der Waals surface area contributed by atoms with E-state index in [1.165, 1.54) is 0 Å². The van der Waals surface area contributed by atoms with E-state index < -0.39 is 0 Å². The Kier molecular flexibility index (Phi) is 4.45. The molecule has 0 bridgehead atoms. The van der Waals surface area contributed by atoms with E-state index in [4.69, 9.17) is 5.73 Å². The predicted molar refractivity (Wildman–Crippen MR) is 111 cm³/mol. The number of nitrogens with two attached hydrogens (primary N) is 1. The van der Waals surface area contributed by atoms with Gasteiger partial charge in [-0.3, -0.25) is 4.79 Å². The number of carbonyl (C=O) groups is 2. The lowest BCUT2D eigenvalue weighted by molar-refractivity contribution is 0.0966. The smallest absolute Gasteiger partial charge is 0.323 e. The molecule has 6 heteroatoms. The van der Waals surface area contributed by atoms with Crippen LogP contribution in [0.5, 0.6) is 0 Å². The number of aryl methyl sites for hydroxylation is 1. The fraction of sp³-hybridized carbons (Fsp3) is 0.0909. The molecule has 0 spiro atoms. The van der Waals surface area contributed by atoms with Gasteiger partial charge in [-0.2, -0.15) is 0 Å². The van der Waals surface area contributed by atoms with Crippen molar-refractivity contribution in [3.63, 3.8) is 0 Å². The Bertz CT molecular complexity index is 1070.